The van der Waals surface area contributed by atoms with Crippen LogP contribution in [0.25, 0.3) is 24.3 Å². The highest BCUT2D eigenvalue weighted by atomic mass is 17.2. The number of carbonyl (C=O) groups excluding carboxylic acids is 3. The predicted molar refractivity (Wildman–Crippen MR) is 303 cm³/mol. The molecule has 8 nitrogen and oxygen atoms in total. The first-order chi connectivity index (χ1) is 36.2. The maximum Gasteiger partial charge on any atom is 0.343 e. The molecule has 2 amide bonds. The standard InChI is InChI=1S/C67H72N2O6/c1-7-9-11-13-62(70)68-37-35-52-39-48(25-33-60(52)68)19-15-46-17-21-50(22-18-46)43-73-75-55-30-32-57-59(42-55)67(45-66(57,5)6)44-65(3,4)56-31-29-54(41-58(56)67)74-64(72)51-27-23-47(24-28-51)16-20-49-26-34-61-53(40-49)36-38-69(61)63(71)14-12-10-8-2/h15-34,39-42H,7-14,35-38,43-45H2,1-6H3/b19-15+,20-16+. The summed E-state index contributed by atoms with van der Waals surface area (Å²) in [5.41, 5.74) is 14.7. The van der Waals surface area contributed by atoms with E-state index in [2.05, 4.69) is 151 Å². The molecule has 75 heavy (non-hydrogen) atoms. The van der Waals surface area contributed by atoms with Crippen LogP contribution in [0.2, 0.25) is 0 Å². The summed E-state index contributed by atoms with van der Waals surface area (Å²) in [6, 6.07) is 41.1. The maximum atomic E-state index is 13.7. The molecule has 6 aromatic rings. The molecule has 2 heterocycles. The molecular formula is C67H72N2O6. The molecule has 0 saturated heterocycles. The lowest BCUT2D eigenvalue weighted by atomic mass is 9.72. The minimum Gasteiger partial charge on any atom is -0.423 e. The van der Waals surface area contributed by atoms with Crippen LogP contribution in [-0.2, 0) is 50.2 Å². The van der Waals surface area contributed by atoms with Gasteiger partial charge in [0.1, 0.15) is 12.4 Å². The van der Waals surface area contributed by atoms with E-state index in [-0.39, 0.29) is 28.1 Å². The molecule has 6 aromatic carbocycles. The minimum absolute atomic E-state index is 0.100. The van der Waals surface area contributed by atoms with Gasteiger partial charge < -0.3 is 19.4 Å². The van der Waals surface area contributed by atoms with Crippen molar-refractivity contribution in [2.45, 2.75) is 141 Å². The van der Waals surface area contributed by atoms with Crippen molar-refractivity contribution < 1.29 is 28.9 Å². The number of esters is 1. The quantitative estimate of drug-likeness (QED) is 0.0213. The normalized spacial score (nSPS) is 17.7. The largest absolute Gasteiger partial charge is 0.423 e. The van der Waals surface area contributed by atoms with E-state index in [0.717, 1.165) is 116 Å². The molecule has 386 valence electrons. The van der Waals surface area contributed by atoms with Gasteiger partial charge in [-0.1, -0.05) is 152 Å². The van der Waals surface area contributed by atoms with Gasteiger partial charge in [-0.15, -0.1) is 0 Å². The Morgan fingerprint density at radius 2 is 0.987 bits per heavy atom. The van der Waals surface area contributed by atoms with Crippen molar-refractivity contribution in [1.29, 1.82) is 0 Å². The second-order valence-electron chi connectivity index (χ2n) is 22.7. The van der Waals surface area contributed by atoms with Gasteiger partial charge in [-0.25, -0.2) is 4.79 Å². The molecule has 1 spiro atoms. The highest BCUT2D eigenvalue weighted by molar-refractivity contribution is 5.97. The molecule has 0 N–H and O–H groups in total. The molecule has 1 unspecified atom stereocenters. The third-order valence-electron chi connectivity index (χ3n) is 16.2. The van der Waals surface area contributed by atoms with Gasteiger partial charge >= 0.3 is 5.97 Å². The number of hydrogen-bond acceptors (Lipinski definition) is 6. The maximum absolute atomic E-state index is 13.7. The van der Waals surface area contributed by atoms with Gasteiger partial charge in [0.05, 0.1) is 5.56 Å². The van der Waals surface area contributed by atoms with Crippen molar-refractivity contribution in [2.24, 2.45) is 0 Å². The van der Waals surface area contributed by atoms with Crippen LogP contribution in [0.3, 0.4) is 0 Å². The van der Waals surface area contributed by atoms with E-state index in [4.69, 9.17) is 14.5 Å². The van der Waals surface area contributed by atoms with Crippen molar-refractivity contribution in [3.05, 3.63) is 188 Å². The molecule has 4 aliphatic rings. The Kier molecular flexibility index (Phi) is 14.9. The summed E-state index contributed by atoms with van der Waals surface area (Å²) in [6.07, 6.45) is 19.5. The van der Waals surface area contributed by atoms with E-state index in [1.807, 2.05) is 46.2 Å². The summed E-state index contributed by atoms with van der Waals surface area (Å²) >= 11 is 0. The average Bonchev–Trinajstić information content (AvgIpc) is 4.28. The van der Waals surface area contributed by atoms with E-state index in [1.165, 1.54) is 33.4 Å². The number of amides is 2. The molecule has 1 atom stereocenters. The van der Waals surface area contributed by atoms with Gasteiger partial charge in [0.25, 0.3) is 0 Å². The van der Waals surface area contributed by atoms with Gasteiger partial charge in [0, 0.05) is 42.7 Å². The lowest BCUT2D eigenvalue weighted by Crippen LogP contribution is -2.28. The number of rotatable bonds is 18. The van der Waals surface area contributed by atoms with Crippen molar-refractivity contribution in [1.82, 2.24) is 0 Å². The Bertz CT molecular complexity index is 3160. The molecule has 0 aromatic heterocycles. The topological polar surface area (TPSA) is 85.4 Å². The molecule has 0 saturated carbocycles. The van der Waals surface area contributed by atoms with E-state index in [0.29, 0.717) is 36.5 Å². The summed E-state index contributed by atoms with van der Waals surface area (Å²) in [6.45, 7) is 15.4. The average molecular weight is 1000 g/mol. The summed E-state index contributed by atoms with van der Waals surface area (Å²) in [4.78, 5) is 55.3. The number of benzene rings is 6. The number of anilines is 2. The van der Waals surface area contributed by atoms with E-state index >= 15 is 0 Å². The third-order valence-corrected chi connectivity index (χ3v) is 16.2. The first kappa shape index (κ1) is 51.5. The van der Waals surface area contributed by atoms with Gasteiger partial charge in [-0.3, -0.25) is 9.59 Å². The molecule has 0 bridgehead atoms. The highest BCUT2D eigenvalue weighted by Gasteiger charge is 2.56. The fourth-order valence-corrected chi connectivity index (χ4v) is 12.5. The number of ether oxygens (including phenoxy) is 1. The van der Waals surface area contributed by atoms with Crippen molar-refractivity contribution in [3.8, 4) is 11.5 Å². The van der Waals surface area contributed by atoms with E-state index in [1.54, 1.807) is 0 Å². The first-order valence-corrected chi connectivity index (χ1v) is 27.5. The fourth-order valence-electron chi connectivity index (χ4n) is 12.5. The number of hydrogen-bond donors (Lipinski definition) is 0. The zero-order valence-electron chi connectivity index (χ0n) is 44.8. The Morgan fingerprint density at radius 3 is 1.51 bits per heavy atom. The lowest BCUT2D eigenvalue weighted by molar-refractivity contribution is -0.217. The zero-order chi connectivity index (χ0) is 52.3. The fraction of sp³-hybridized carbons (Fsp3) is 0.358. The molecule has 0 radical (unpaired) electrons. The molecule has 8 heteroatoms. The second kappa shape index (κ2) is 21.7. The van der Waals surface area contributed by atoms with Crippen molar-refractivity contribution >= 4 is 53.5 Å². The number of carbonyl (C=O) groups is 3. The van der Waals surface area contributed by atoms with Gasteiger partial charge in [-0.05, 0) is 171 Å². The van der Waals surface area contributed by atoms with Crippen molar-refractivity contribution in [2.75, 3.05) is 22.9 Å². The number of unbranched alkanes of at least 4 members (excludes halogenated alkanes) is 4. The van der Waals surface area contributed by atoms with Crippen LogP contribution >= 0.6 is 0 Å². The van der Waals surface area contributed by atoms with Crippen LogP contribution < -0.4 is 19.4 Å². The Morgan fingerprint density at radius 1 is 0.520 bits per heavy atom. The smallest absolute Gasteiger partial charge is 0.343 e. The van der Waals surface area contributed by atoms with Gasteiger partial charge in [0.2, 0.25) is 11.8 Å². The van der Waals surface area contributed by atoms with Crippen LogP contribution in [-0.4, -0.2) is 30.9 Å². The van der Waals surface area contributed by atoms with Crippen LogP contribution in [0.4, 0.5) is 11.4 Å². The van der Waals surface area contributed by atoms with Gasteiger partial charge in [0.15, 0.2) is 5.75 Å². The Labute approximate surface area is 444 Å². The van der Waals surface area contributed by atoms with E-state index in [9.17, 15) is 14.4 Å². The summed E-state index contributed by atoms with van der Waals surface area (Å²) in [7, 11) is 0. The summed E-state index contributed by atoms with van der Waals surface area (Å²) in [5.74, 6) is 1.24. The highest BCUT2D eigenvalue weighted by Crippen LogP contribution is 2.63. The zero-order valence-corrected chi connectivity index (χ0v) is 44.8. The molecule has 0 fully saturated rings. The predicted octanol–water partition coefficient (Wildman–Crippen LogP) is 15.3. The molecule has 2 aliphatic carbocycles. The monoisotopic (exact) mass is 1000 g/mol. The van der Waals surface area contributed by atoms with Crippen LogP contribution in [0.15, 0.2) is 121 Å². The summed E-state index contributed by atoms with van der Waals surface area (Å²) in [5, 5.41) is 0. The van der Waals surface area contributed by atoms with Crippen LogP contribution in [0.1, 0.15) is 177 Å². The molecule has 2 aliphatic heterocycles. The first-order valence-electron chi connectivity index (χ1n) is 27.5. The molecule has 10 rings (SSSR count). The number of fused-ring (bicyclic) bond motifs is 6. The summed E-state index contributed by atoms with van der Waals surface area (Å²) < 4.78 is 6.15. The second-order valence-corrected chi connectivity index (χ2v) is 22.7. The van der Waals surface area contributed by atoms with Gasteiger partial charge in [-0.2, -0.15) is 4.89 Å². The van der Waals surface area contributed by atoms with Crippen LogP contribution in [0, 0.1) is 0 Å². The Hall–Kier alpha value is -7.03. The van der Waals surface area contributed by atoms with Crippen molar-refractivity contribution in [3.63, 3.8) is 0 Å². The molecular weight excluding hydrogens is 929 g/mol. The number of nitrogens with zero attached hydrogens (tertiary/aromatic N) is 2. The third kappa shape index (κ3) is 10.9. The SMILES string of the molecule is CCCCCC(=O)N1CCc2cc(/C=C/c3ccc(COOc4ccc5c(c4)C4(CC5(C)C)CC(C)(C)c5ccc(OC(=O)c6ccc(/C=C/c7ccc8c(c7)CCN8C(=O)CCCCC)cc6)cc54)cc3)ccc21. The Balaban J connectivity index is 0.768. The van der Waals surface area contributed by atoms with Crippen LogP contribution in [0.5, 0.6) is 11.5 Å². The minimum atomic E-state index is -0.398. The lowest BCUT2D eigenvalue weighted by Gasteiger charge is -2.30. The van der Waals surface area contributed by atoms with E-state index < -0.39 is 5.97 Å².